The lowest BCUT2D eigenvalue weighted by Crippen LogP contribution is -2.46. The van der Waals surface area contributed by atoms with Crippen molar-refractivity contribution in [1.82, 2.24) is 14.9 Å². The highest BCUT2D eigenvalue weighted by atomic mass is 19.1. The van der Waals surface area contributed by atoms with E-state index >= 15 is 0 Å². The van der Waals surface area contributed by atoms with Crippen LogP contribution >= 0.6 is 0 Å². The number of nitrogens with one attached hydrogen (secondary N) is 1. The van der Waals surface area contributed by atoms with Crippen LogP contribution in [-0.4, -0.2) is 47.0 Å². The number of carbonyl (C=O) groups excluding carboxylic acids is 1. The summed E-state index contributed by atoms with van der Waals surface area (Å²) < 4.78 is 13.2. The number of benzene rings is 1. The molecule has 1 aliphatic rings. The van der Waals surface area contributed by atoms with Crippen LogP contribution in [0.15, 0.2) is 36.5 Å². The van der Waals surface area contributed by atoms with Crippen molar-refractivity contribution in [2.45, 2.75) is 32.9 Å². The van der Waals surface area contributed by atoms with Crippen LogP contribution in [0, 0.1) is 11.7 Å². The number of amides is 1. The molecule has 2 heterocycles. The van der Waals surface area contributed by atoms with Gasteiger partial charge in [0, 0.05) is 39.3 Å². The molecular formula is C20H26FN5O. The number of halogens is 1. The van der Waals surface area contributed by atoms with Crippen LogP contribution in [0.4, 0.5) is 16.2 Å². The molecular weight excluding hydrogens is 345 g/mol. The van der Waals surface area contributed by atoms with E-state index < -0.39 is 0 Å². The highest BCUT2D eigenvalue weighted by Gasteiger charge is 2.32. The Balaban J connectivity index is 1.84. The second-order valence-corrected chi connectivity index (χ2v) is 7.15. The average Bonchev–Trinajstić information content (AvgIpc) is 2.83. The molecule has 1 aromatic carbocycles. The Morgan fingerprint density at radius 1 is 1.26 bits per heavy atom. The monoisotopic (exact) mass is 371 g/mol. The first-order valence-corrected chi connectivity index (χ1v) is 9.27. The Labute approximate surface area is 159 Å². The van der Waals surface area contributed by atoms with Crippen molar-refractivity contribution in [3.8, 4) is 0 Å². The molecule has 1 fully saturated rings. The van der Waals surface area contributed by atoms with E-state index in [2.05, 4.69) is 34.0 Å². The lowest BCUT2D eigenvalue weighted by atomic mass is 10.0. The predicted molar refractivity (Wildman–Crippen MR) is 104 cm³/mol. The van der Waals surface area contributed by atoms with Crippen LogP contribution in [0.1, 0.15) is 25.8 Å². The molecule has 3 rings (SSSR count). The lowest BCUT2D eigenvalue weighted by Gasteiger charge is -2.34. The SMILES string of the molecule is CNc1ccnc(N2CCC(=O)N(Cc3ccc(F)cc3)[C@@H](C(C)C)C2)n1. The summed E-state index contributed by atoms with van der Waals surface area (Å²) in [5, 5.41) is 3.03. The molecule has 1 saturated heterocycles. The van der Waals surface area contributed by atoms with E-state index in [1.54, 1.807) is 18.3 Å². The van der Waals surface area contributed by atoms with Gasteiger partial charge in [0.25, 0.3) is 0 Å². The minimum atomic E-state index is -0.269. The summed E-state index contributed by atoms with van der Waals surface area (Å²) in [6.07, 6.45) is 2.12. The van der Waals surface area contributed by atoms with Gasteiger partial charge in [-0.2, -0.15) is 4.98 Å². The largest absolute Gasteiger partial charge is 0.373 e. The molecule has 7 heteroatoms. The molecule has 0 unspecified atom stereocenters. The van der Waals surface area contributed by atoms with Crippen LogP contribution in [0.25, 0.3) is 0 Å². The Morgan fingerprint density at radius 2 is 2.00 bits per heavy atom. The number of aromatic nitrogens is 2. The number of rotatable bonds is 5. The third kappa shape index (κ3) is 4.53. The summed E-state index contributed by atoms with van der Waals surface area (Å²) >= 11 is 0. The van der Waals surface area contributed by atoms with E-state index in [9.17, 15) is 9.18 Å². The summed E-state index contributed by atoms with van der Waals surface area (Å²) in [7, 11) is 1.82. The summed E-state index contributed by atoms with van der Waals surface area (Å²) in [5.41, 5.74) is 0.928. The molecule has 1 aliphatic heterocycles. The van der Waals surface area contributed by atoms with Gasteiger partial charge in [-0.25, -0.2) is 9.37 Å². The van der Waals surface area contributed by atoms with Crippen molar-refractivity contribution in [3.05, 3.63) is 47.9 Å². The minimum absolute atomic E-state index is 0.0203. The number of hydrogen-bond acceptors (Lipinski definition) is 5. The van der Waals surface area contributed by atoms with Gasteiger partial charge in [0.2, 0.25) is 11.9 Å². The van der Waals surface area contributed by atoms with Gasteiger partial charge in [0.05, 0.1) is 6.04 Å². The molecule has 2 aromatic rings. The first-order valence-electron chi connectivity index (χ1n) is 9.27. The average molecular weight is 371 g/mol. The Kier molecular flexibility index (Phi) is 5.88. The fourth-order valence-electron chi connectivity index (χ4n) is 3.36. The van der Waals surface area contributed by atoms with Crippen LogP contribution < -0.4 is 10.2 Å². The molecule has 1 atom stereocenters. The molecule has 6 nitrogen and oxygen atoms in total. The first-order chi connectivity index (χ1) is 13.0. The van der Waals surface area contributed by atoms with Crippen molar-refractivity contribution in [3.63, 3.8) is 0 Å². The molecule has 27 heavy (non-hydrogen) atoms. The van der Waals surface area contributed by atoms with Crippen molar-refractivity contribution in [1.29, 1.82) is 0 Å². The Morgan fingerprint density at radius 3 is 2.67 bits per heavy atom. The van der Waals surface area contributed by atoms with E-state index in [1.807, 2.05) is 18.0 Å². The zero-order valence-electron chi connectivity index (χ0n) is 16.0. The van der Waals surface area contributed by atoms with Crippen molar-refractivity contribution in [2.24, 2.45) is 5.92 Å². The molecule has 0 spiro atoms. The topological polar surface area (TPSA) is 61.4 Å². The molecule has 144 valence electrons. The van der Waals surface area contributed by atoms with Gasteiger partial charge < -0.3 is 15.1 Å². The van der Waals surface area contributed by atoms with E-state index in [4.69, 9.17) is 0 Å². The molecule has 0 radical (unpaired) electrons. The molecule has 1 aromatic heterocycles. The van der Waals surface area contributed by atoms with Crippen molar-refractivity contribution in [2.75, 3.05) is 30.4 Å². The van der Waals surface area contributed by atoms with Crippen LogP contribution in [0.2, 0.25) is 0 Å². The van der Waals surface area contributed by atoms with Gasteiger partial charge in [-0.15, -0.1) is 0 Å². The summed E-state index contributed by atoms with van der Waals surface area (Å²) in [6, 6.07) is 8.18. The van der Waals surface area contributed by atoms with Crippen LogP contribution in [0.5, 0.6) is 0 Å². The zero-order valence-corrected chi connectivity index (χ0v) is 16.0. The molecule has 0 aliphatic carbocycles. The number of nitrogens with zero attached hydrogens (tertiary/aromatic N) is 4. The fourth-order valence-corrected chi connectivity index (χ4v) is 3.36. The van der Waals surface area contributed by atoms with Crippen molar-refractivity contribution < 1.29 is 9.18 Å². The number of carbonyl (C=O) groups is 1. The maximum atomic E-state index is 13.2. The maximum absolute atomic E-state index is 13.2. The molecule has 0 saturated carbocycles. The van der Waals surface area contributed by atoms with Crippen LogP contribution in [-0.2, 0) is 11.3 Å². The summed E-state index contributed by atoms with van der Waals surface area (Å²) in [4.78, 5) is 25.8. The number of hydrogen-bond donors (Lipinski definition) is 1. The third-order valence-electron chi connectivity index (χ3n) is 4.94. The van der Waals surface area contributed by atoms with E-state index in [-0.39, 0.29) is 23.7 Å². The smallest absolute Gasteiger partial charge is 0.227 e. The van der Waals surface area contributed by atoms with E-state index in [0.29, 0.717) is 32.0 Å². The highest BCUT2D eigenvalue weighted by molar-refractivity contribution is 5.78. The molecule has 1 N–H and O–H groups in total. The fraction of sp³-hybridized carbons (Fsp3) is 0.450. The quantitative estimate of drug-likeness (QED) is 0.876. The maximum Gasteiger partial charge on any atom is 0.227 e. The Bertz CT molecular complexity index is 780. The minimum Gasteiger partial charge on any atom is -0.373 e. The normalized spacial score (nSPS) is 18.0. The third-order valence-corrected chi connectivity index (χ3v) is 4.94. The molecule has 1 amide bonds. The lowest BCUT2D eigenvalue weighted by molar-refractivity contribution is -0.134. The van der Waals surface area contributed by atoms with E-state index in [0.717, 1.165) is 11.4 Å². The second kappa shape index (κ2) is 8.33. The first kappa shape index (κ1) is 19.1. The zero-order chi connectivity index (χ0) is 19.4. The van der Waals surface area contributed by atoms with Gasteiger partial charge >= 0.3 is 0 Å². The van der Waals surface area contributed by atoms with Gasteiger partial charge in [0.15, 0.2) is 0 Å². The molecule has 0 bridgehead atoms. The Hall–Kier alpha value is -2.70. The second-order valence-electron chi connectivity index (χ2n) is 7.15. The van der Waals surface area contributed by atoms with Gasteiger partial charge in [-0.05, 0) is 29.7 Å². The van der Waals surface area contributed by atoms with Crippen LogP contribution in [0.3, 0.4) is 0 Å². The number of anilines is 2. The summed E-state index contributed by atoms with van der Waals surface area (Å²) in [5.74, 6) is 1.48. The highest BCUT2D eigenvalue weighted by Crippen LogP contribution is 2.23. The predicted octanol–water partition coefficient (Wildman–Crippen LogP) is 2.92. The van der Waals surface area contributed by atoms with Gasteiger partial charge in [-0.1, -0.05) is 26.0 Å². The summed E-state index contributed by atoms with van der Waals surface area (Å²) in [6.45, 7) is 5.95. The van der Waals surface area contributed by atoms with E-state index in [1.165, 1.54) is 12.1 Å². The van der Waals surface area contributed by atoms with Crippen molar-refractivity contribution >= 4 is 17.7 Å². The standard InChI is InChI=1S/C20H26FN5O/c1-14(2)17-13-25(20-23-10-8-18(22-3)24-20)11-9-19(27)26(17)12-15-4-6-16(21)7-5-15/h4-8,10,14,17H,9,11-13H2,1-3H3,(H,22,23,24)/t17-/m1/s1. The van der Waals surface area contributed by atoms with Gasteiger partial charge in [0.1, 0.15) is 11.6 Å². The van der Waals surface area contributed by atoms with Gasteiger partial charge in [-0.3, -0.25) is 4.79 Å².